The number of likely N-dealkylation sites (N-methyl/N-ethyl adjacent to an activating group) is 1. The van der Waals surface area contributed by atoms with Gasteiger partial charge in [0.25, 0.3) is 0 Å². The molecule has 2 aromatic heterocycles. The number of thiazole rings is 1. The molecule has 1 amide bonds. The molecule has 10 heteroatoms. The Balaban J connectivity index is 1.41. The van der Waals surface area contributed by atoms with Crippen LogP contribution < -0.4 is 10.2 Å². The average molecular weight is 400 g/mol. The number of nitrogens with one attached hydrogen (secondary N) is 1. The fourth-order valence-electron chi connectivity index (χ4n) is 2.53. The highest BCUT2D eigenvalue weighted by Crippen LogP contribution is 2.32. The van der Waals surface area contributed by atoms with Gasteiger partial charge in [0, 0.05) is 12.7 Å². The molecule has 0 radical (unpaired) electrons. The molecule has 0 atom stereocenters. The minimum Gasteiger partial charge on any atom is -0.342 e. The molecule has 27 heavy (non-hydrogen) atoms. The van der Waals surface area contributed by atoms with Crippen LogP contribution in [0.2, 0.25) is 5.02 Å². The highest BCUT2D eigenvalue weighted by Gasteiger charge is 2.13. The van der Waals surface area contributed by atoms with Crippen molar-refractivity contribution in [1.29, 1.82) is 0 Å². The molecule has 1 N–H and O–H groups in total. The van der Waals surface area contributed by atoms with Crippen LogP contribution in [0.5, 0.6) is 0 Å². The summed E-state index contributed by atoms with van der Waals surface area (Å²) in [7, 11) is 1.83. The van der Waals surface area contributed by atoms with E-state index in [1.54, 1.807) is 23.1 Å². The van der Waals surface area contributed by atoms with Gasteiger partial charge in [-0.25, -0.2) is 9.67 Å². The number of carbonyl (C=O) groups is 1. The van der Waals surface area contributed by atoms with Gasteiger partial charge in [-0.3, -0.25) is 4.79 Å². The van der Waals surface area contributed by atoms with Crippen molar-refractivity contribution in [3.63, 3.8) is 0 Å². The average Bonchev–Trinajstić information content (AvgIpc) is 3.33. The fourth-order valence-corrected chi connectivity index (χ4v) is 3.75. The Bertz CT molecular complexity index is 1080. The molecule has 0 unspecified atom stereocenters. The van der Waals surface area contributed by atoms with Gasteiger partial charge in [-0.05, 0) is 46.8 Å². The van der Waals surface area contributed by atoms with Crippen molar-refractivity contribution in [2.75, 3.05) is 23.8 Å². The normalized spacial score (nSPS) is 10.9. The molecular formula is C17H14ClN7OS. The van der Waals surface area contributed by atoms with E-state index in [9.17, 15) is 4.79 Å². The van der Waals surface area contributed by atoms with Gasteiger partial charge in [0.05, 0.1) is 22.0 Å². The Morgan fingerprint density at radius 2 is 2.07 bits per heavy atom. The van der Waals surface area contributed by atoms with E-state index in [0.717, 1.165) is 21.0 Å². The third-order valence-corrected chi connectivity index (χ3v) is 5.27. The number of fused-ring (bicyclic) bond motifs is 1. The Labute approximate surface area is 163 Å². The van der Waals surface area contributed by atoms with Crippen LogP contribution in [0.3, 0.4) is 0 Å². The summed E-state index contributed by atoms with van der Waals surface area (Å²) in [4.78, 5) is 18.7. The number of tetrazole rings is 1. The number of carbonyl (C=O) groups excluding carboxylic acids is 1. The molecule has 0 aliphatic carbocycles. The summed E-state index contributed by atoms with van der Waals surface area (Å²) in [5, 5.41) is 15.2. The summed E-state index contributed by atoms with van der Waals surface area (Å²) < 4.78 is 2.53. The maximum absolute atomic E-state index is 12.4. The second-order valence-corrected chi connectivity index (χ2v) is 7.20. The van der Waals surface area contributed by atoms with E-state index in [1.165, 1.54) is 22.3 Å². The van der Waals surface area contributed by atoms with E-state index < -0.39 is 0 Å². The first-order valence-electron chi connectivity index (χ1n) is 7.99. The van der Waals surface area contributed by atoms with E-state index in [2.05, 4.69) is 25.8 Å². The Morgan fingerprint density at radius 1 is 1.26 bits per heavy atom. The Hall–Kier alpha value is -3.04. The maximum atomic E-state index is 12.4. The Kier molecular flexibility index (Phi) is 4.69. The zero-order valence-electron chi connectivity index (χ0n) is 14.2. The zero-order valence-corrected chi connectivity index (χ0v) is 15.8. The summed E-state index contributed by atoms with van der Waals surface area (Å²) in [6.07, 6.45) is 1.51. The first-order valence-corrected chi connectivity index (χ1v) is 9.19. The monoisotopic (exact) mass is 399 g/mol. The van der Waals surface area contributed by atoms with Gasteiger partial charge < -0.3 is 10.2 Å². The number of hydrogen-bond donors (Lipinski definition) is 1. The van der Waals surface area contributed by atoms with Gasteiger partial charge in [-0.15, -0.1) is 5.10 Å². The van der Waals surface area contributed by atoms with Crippen molar-refractivity contribution in [1.82, 2.24) is 25.2 Å². The lowest BCUT2D eigenvalue weighted by Crippen LogP contribution is -2.29. The topological polar surface area (TPSA) is 88.8 Å². The second kappa shape index (κ2) is 7.29. The number of para-hydroxylation sites is 1. The minimum absolute atomic E-state index is 0.141. The number of anilines is 2. The predicted octanol–water partition coefficient (Wildman–Crippen LogP) is 3.00. The van der Waals surface area contributed by atoms with Crippen LogP contribution in [-0.4, -0.2) is 44.7 Å². The van der Waals surface area contributed by atoms with Crippen molar-refractivity contribution in [2.24, 2.45) is 0 Å². The van der Waals surface area contributed by atoms with Gasteiger partial charge in [0.15, 0.2) is 5.13 Å². The van der Waals surface area contributed by atoms with Crippen molar-refractivity contribution < 1.29 is 4.79 Å². The molecular weight excluding hydrogens is 386 g/mol. The van der Waals surface area contributed by atoms with E-state index in [1.807, 2.05) is 31.3 Å². The van der Waals surface area contributed by atoms with Gasteiger partial charge in [-0.2, -0.15) is 0 Å². The van der Waals surface area contributed by atoms with Gasteiger partial charge in [0.2, 0.25) is 5.91 Å². The second-order valence-electron chi connectivity index (χ2n) is 5.79. The summed E-state index contributed by atoms with van der Waals surface area (Å²) in [5.74, 6) is -0.141. The van der Waals surface area contributed by atoms with Gasteiger partial charge in [-0.1, -0.05) is 29.0 Å². The van der Waals surface area contributed by atoms with Crippen molar-refractivity contribution in [3.05, 3.63) is 53.8 Å². The van der Waals surface area contributed by atoms with E-state index >= 15 is 0 Å². The van der Waals surface area contributed by atoms with Crippen LogP contribution in [0.25, 0.3) is 15.9 Å². The highest BCUT2D eigenvalue weighted by molar-refractivity contribution is 7.22. The number of aromatic nitrogens is 5. The summed E-state index contributed by atoms with van der Waals surface area (Å²) in [5.41, 5.74) is 2.25. The number of halogens is 1. The van der Waals surface area contributed by atoms with Crippen LogP contribution >= 0.6 is 22.9 Å². The van der Waals surface area contributed by atoms with Gasteiger partial charge >= 0.3 is 0 Å². The molecule has 0 saturated carbocycles. The molecule has 0 spiro atoms. The Morgan fingerprint density at radius 3 is 2.78 bits per heavy atom. The molecule has 0 aliphatic rings. The molecule has 8 nitrogen and oxygen atoms in total. The van der Waals surface area contributed by atoms with Crippen LogP contribution in [0, 0.1) is 0 Å². The van der Waals surface area contributed by atoms with Crippen molar-refractivity contribution >= 4 is 49.9 Å². The highest BCUT2D eigenvalue weighted by atomic mass is 35.5. The first-order chi connectivity index (χ1) is 13.1. The molecule has 2 heterocycles. The molecule has 0 saturated heterocycles. The molecule has 136 valence electrons. The summed E-state index contributed by atoms with van der Waals surface area (Å²) in [6.45, 7) is 0.173. The fraction of sp³-hybridized carbons (Fsp3) is 0.118. The van der Waals surface area contributed by atoms with Crippen molar-refractivity contribution in [2.45, 2.75) is 0 Å². The molecule has 4 rings (SSSR count). The summed E-state index contributed by atoms with van der Waals surface area (Å²) >= 11 is 7.67. The quantitative estimate of drug-likeness (QED) is 0.555. The number of nitrogens with zero attached hydrogens (tertiary/aromatic N) is 6. The van der Waals surface area contributed by atoms with E-state index in [-0.39, 0.29) is 12.5 Å². The molecule has 4 aromatic rings. The minimum atomic E-state index is -0.141. The number of benzene rings is 2. The standard InChI is InChI=1S/C17H14ClN7OS/c1-24(17-21-16-13(18)3-2-4-14(16)27-17)9-15(26)20-11-5-7-12(8-6-11)25-10-19-22-23-25/h2-8,10H,9H2,1H3,(H,20,26). The van der Waals surface area contributed by atoms with Crippen LogP contribution in [0.4, 0.5) is 10.8 Å². The zero-order chi connectivity index (χ0) is 18.8. The molecule has 0 fully saturated rings. The van der Waals surface area contributed by atoms with E-state index in [4.69, 9.17) is 11.6 Å². The van der Waals surface area contributed by atoms with Crippen LogP contribution in [0.1, 0.15) is 0 Å². The lowest BCUT2D eigenvalue weighted by molar-refractivity contribution is -0.114. The van der Waals surface area contributed by atoms with Gasteiger partial charge in [0.1, 0.15) is 11.8 Å². The van der Waals surface area contributed by atoms with Crippen LogP contribution in [-0.2, 0) is 4.79 Å². The third-order valence-electron chi connectivity index (χ3n) is 3.83. The van der Waals surface area contributed by atoms with E-state index in [0.29, 0.717) is 10.7 Å². The lowest BCUT2D eigenvalue weighted by atomic mass is 10.3. The molecule has 2 aromatic carbocycles. The van der Waals surface area contributed by atoms with Crippen molar-refractivity contribution in [3.8, 4) is 5.69 Å². The third kappa shape index (κ3) is 3.74. The SMILES string of the molecule is CN(CC(=O)Nc1ccc(-n2cnnn2)cc1)c1nc2c(Cl)cccc2s1. The number of rotatable bonds is 5. The molecule has 0 bridgehead atoms. The lowest BCUT2D eigenvalue weighted by Gasteiger charge is -2.15. The predicted molar refractivity (Wildman–Crippen MR) is 106 cm³/mol. The smallest absolute Gasteiger partial charge is 0.243 e. The number of hydrogen-bond acceptors (Lipinski definition) is 7. The molecule has 0 aliphatic heterocycles. The van der Waals surface area contributed by atoms with Crippen LogP contribution in [0.15, 0.2) is 48.8 Å². The summed E-state index contributed by atoms with van der Waals surface area (Å²) in [6, 6.07) is 12.9. The maximum Gasteiger partial charge on any atom is 0.243 e. The largest absolute Gasteiger partial charge is 0.342 e. The first kappa shape index (κ1) is 17.4. The number of amides is 1.